The molecule has 19 heavy (non-hydrogen) atoms. The predicted molar refractivity (Wildman–Crippen MR) is 74.0 cm³/mol. The second-order valence-electron chi connectivity index (χ2n) is 4.32. The molecule has 0 bridgehead atoms. The highest BCUT2D eigenvalue weighted by Gasteiger charge is 2.22. The number of nitrogens with one attached hydrogen (secondary N) is 1. The van der Waals surface area contributed by atoms with Gasteiger partial charge in [-0.05, 0) is 25.0 Å². The quantitative estimate of drug-likeness (QED) is 0.838. The van der Waals surface area contributed by atoms with E-state index in [1.54, 1.807) is 7.11 Å². The molecule has 0 radical (unpaired) electrons. The predicted octanol–water partition coefficient (Wildman–Crippen LogP) is 0.787. The van der Waals surface area contributed by atoms with E-state index >= 15 is 0 Å². The van der Waals surface area contributed by atoms with E-state index in [1.165, 1.54) is 6.92 Å². The van der Waals surface area contributed by atoms with Crippen molar-refractivity contribution in [1.82, 2.24) is 5.32 Å². The molecule has 1 aromatic rings. The average molecular weight is 285 g/mol. The second kappa shape index (κ2) is 6.56. The number of amides is 1. The van der Waals surface area contributed by atoms with Crippen LogP contribution < -0.4 is 10.1 Å². The molecule has 1 atom stereocenters. The van der Waals surface area contributed by atoms with E-state index in [0.717, 1.165) is 17.6 Å². The fraction of sp³-hybridized carbons (Fsp3) is 0.462. The van der Waals surface area contributed by atoms with E-state index in [4.69, 9.17) is 4.74 Å². The Labute approximate surface area is 113 Å². The summed E-state index contributed by atoms with van der Waals surface area (Å²) in [6.45, 7) is 1.76. The highest BCUT2D eigenvalue weighted by molar-refractivity contribution is 7.92. The van der Waals surface area contributed by atoms with Gasteiger partial charge < -0.3 is 10.1 Å². The van der Waals surface area contributed by atoms with Gasteiger partial charge in [-0.15, -0.1) is 0 Å². The van der Waals surface area contributed by atoms with Gasteiger partial charge in [-0.1, -0.05) is 18.2 Å². The summed E-state index contributed by atoms with van der Waals surface area (Å²) in [6.07, 6.45) is 1.64. The Hall–Kier alpha value is -1.56. The first-order valence-corrected chi connectivity index (χ1v) is 7.90. The number of carbonyl (C=O) groups is 1. The summed E-state index contributed by atoms with van der Waals surface area (Å²) in [5, 5.41) is 1.59. The van der Waals surface area contributed by atoms with E-state index in [1.807, 2.05) is 24.3 Å². The van der Waals surface area contributed by atoms with E-state index in [-0.39, 0.29) is 0 Å². The lowest BCUT2D eigenvalue weighted by molar-refractivity contribution is -0.120. The number of sulfone groups is 1. The van der Waals surface area contributed by atoms with E-state index in [0.29, 0.717) is 13.0 Å². The molecule has 0 aliphatic rings. The highest BCUT2D eigenvalue weighted by atomic mass is 32.2. The van der Waals surface area contributed by atoms with Gasteiger partial charge in [-0.3, -0.25) is 4.79 Å². The lowest BCUT2D eigenvalue weighted by Gasteiger charge is -2.11. The number of hydrogen-bond donors (Lipinski definition) is 1. The minimum Gasteiger partial charge on any atom is -0.496 e. The summed E-state index contributed by atoms with van der Waals surface area (Å²) in [6, 6.07) is 7.51. The summed E-state index contributed by atoms with van der Waals surface area (Å²) in [5.74, 6) is 0.283. The van der Waals surface area contributed by atoms with Gasteiger partial charge in [0.1, 0.15) is 11.0 Å². The Morgan fingerprint density at radius 1 is 1.37 bits per heavy atom. The SMILES string of the molecule is COc1ccccc1CCNC(=O)C(C)S(C)(=O)=O. The van der Waals surface area contributed by atoms with Crippen LogP contribution in [0.5, 0.6) is 5.75 Å². The maximum Gasteiger partial charge on any atom is 0.238 e. The van der Waals surface area contributed by atoms with Gasteiger partial charge in [-0.2, -0.15) is 0 Å². The summed E-state index contributed by atoms with van der Waals surface area (Å²) in [5.41, 5.74) is 0.970. The molecule has 0 aliphatic heterocycles. The third kappa shape index (κ3) is 4.55. The highest BCUT2D eigenvalue weighted by Crippen LogP contribution is 2.17. The van der Waals surface area contributed by atoms with Crippen LogP contribution in [-0.2, 0) is 21.1 Å². The molecule has 0 saturated carbocycles. The number of ether oxygens (including phenoxy) is 1. The number of rotatable bonds is 6. The Bertz CT molecular complexity index is 539. The number of carbonyl (C=O) groups excluding carboxylic acids is 1. The van der Waals surface area contributed by atoms with Crippen LogP contribution in [-0.4, -0.2) is 39.5 Å². The summed E-state index contributed by atoms with van der Waals surface area (Å²) in [7, 11) is -1.76. The smallest absolute Gasteiger partial charge is 0.238 e. The molecule has 0 saturated heterocycles. The molecule has 0 aliphatic carbocycles. The molecular weight excluding hydrogens is 266 g/mol. The summed E-state index contributed by atoms with van der Waals surface area (Å²) in [4.78, 5) is 11.6. The van der Waals surface area contributed by atoms with Gasteiger partial charge in [0.15, 0.2) is 9.84 Å². The number of methoxy groups -OCH3 is 1. The monoisotopic (exact) mass is 285 g/mol. The fourth-order valence-corrected chi connectivity index (χ4v) is 2.04. The topological polar surface area (TPSA) is 72.5 Å². The molecule has 1 N–H and O–H groups in total. The maximum absolute atomic E-state index is 11.6. The summed E-state index contributed by atoms with van der Waals surface area (Å²) < 4.78 is 27.6. The molecule has 0 heterocycles. The molecule has 5 nitrogen and oxygen atoms in total. The van der Waals surface area contributed by atoms with Crippen molar-refractivity contribution < 1.29 is 17.9 Å². The molecule has 1 unspecified atom stereocenters. The van der Waals surface area contributed by atoms with E-state index in [2.05, 4.69) is 5.32 Å². The average Bonchev–Trinajstić information content (AvgIpc) is 2.37. The largest absolute Gasteiger partial charge is 0.496 e. The van der Waals surface area contributed by atoms with Gasteiger partial charge >= 0.3 is 0 Å². The minimum absolute atomic E-state index is 0.374. The van der Waals surface area contributed by atoms with E-state index in [9.17, 15) is 13.2 Å². The molecule has 0 spiro atoms. The van der Waals surface area contributed by atoms with Gasteiger partial charge in [0.25, 0.3) is 0 Å². The Morgan fingerprint density at radius 3 is 2.58 bits per heavy atom. The minimum atomic E-state index is -3.35. The third-order valence-electron chi connectivity index (χ3n) is 2.90. The second-order valence-corrected chi connectivity index (χ2v) is 6.69. The van der Waals surface area contributed by atoms with Gasteiger partial charge in [0.05, 0.1) is 7.11 Å². The fourth-order valence-electron chi connectivity index (χ4n) is 1.57. The van der Waals surface area contributed by atoms with Crippen LogP contribution in [0.1, 0.15) is 12.5 Å². The van der Waals surface area contributed by atoms with Gasteiger partial charge in [-0.25, -0.2) is 8.42 Å². The molecule has 1 aromatic carbocycles. The number of benzene rings is 1. The molecule has 106 valence electrons. The van der Waals surface area contributed by atoms with Crippen molar-refractivity contribution in [3.8, 4) is 5.75 Å². The maximum atomic E-state index is 11.6. The molecule has 0 fully saturated rings. The lowest BCUT2D eigenvalue weighted by atomic mass is 10.1. The molecule has 1 rings (SSSR count). The van der Waals surface area contributed by atoms with Crippen LogP contribution in [0.25, 0.3) is 0 Å². The molecule has 0 aromatic heterocycles. The van der Waals surface area contributed by atoms with Crippen molar-refractivity contribution in [2.75, 3.05) is 19.9 Å². The first kappa shape index (κ1) is 15.5. The van der Waals surface area contributed by atoms with Crippen molar-refractivity contribution >= 4 is 15.7 Å². The normalized spacial score (nSPS) is 12.8. The Morgan fingerprint density at radius 2 is 2.00 bits per heavy atom. The molecular formula is C13H19NO4S. The first-order chi connectivity index (χ1) is 8.86. The zero-order chi connectivity index (χ0) is 14.5. The lowest BCUT2D eigenvalue weighted by Crippen LogP contribution is -2.38. The van der Waals surface area contributed by atoms with Crippen LogP contribution in [0.4, 0.5) is 0 Å². The number of hydrogen-bond acceptors (Lipinski definition) is 4. The van der Waals surface area contributed by atoms with Crippen LogP contribution in [0.15, 0.2) is 24.3 Å². The van der Waals surface area contributed by atoms with Crippen LogP contribution in [0.3, 0.4) is 0 Å². The Balaban J connectivity index is 2.53. The van der Waals surface area contributed by atoms with Crippen molar-refractivity contribution in [3.63, 3.8) is 0 Å². The van der Waals surface area contributed by atoms with Gasteiger partial charge in [0, 0.05) is 12.8 Å². The van der Waals surface area contributed by atoms with Gasteiger partial charge in [0.2, 0.25) is 5.91 Å². The molecule has 6 heteroatoms. The van der Waals surface area contributed by atoms with E-state index < -0.39 is 21.0 Å². The Kier molecular flexibility index (Phi) is 5.35. The zero-order valence-electron chi connectivity index (χ0n) is 11.3. The van der Waals surface area contributed by atoms with Crippen molar-refractivity contribution in [3.05, 3.63) is 29.8 Å². The summed E-state index contributed by atoms with van der Waals surface area (Å²) >= 11 is 0. The van der Waals surface area contributed by atoms with Crippen molar-refractivity contribution in [2.45, 2.75) is 18.6 Å². The zero-order valence-corrected chi connectivity index (χ0v) is 12.2. The van der Waals surface area contributed by atoms with Crippen LogP contribution in [0.2, 0.25) is 0 Å². The van der Waals surface area contributed by atoms with Crippen molar-refractivity contribution in [1.29, 1.82) is 0 Å². The molecule has 1 amide bonds. The van der Waals surface area contributed by atoms with Crippen molar-refractivity contribution in [2.24, 2.45) is 0 Å². The third-order valence-corrected chi connectivity index (χ3v) is 4.40. The standard InChI is InChI=1S/C13H19NO4S/c1-10(19(3,16)17)13(15)14-9-8-11-6-4-5-7-12(11)18-2/h4-7,10H,8-9H2,1-3H3,(H,14,15). The van der Waals surface area contributed by atoms with Crippen LogP contribution in [0, 0.1) is 0 Å². The van der Waals surface area contributed by atoms with Crippen LogP contribution >= 0.6 is 0 Å². The number of para-hydroxylation sites is 1. The first-order valence-electron chi connectivity index (χ1n) is 5.94.